The summed E-state index contributed by atoms with van der Waals surface area (Å²) in [6.07, 6.45) is 2.24. The van der Waals surface area contributed by atoms with Gasteiger partial charge in [-0.2, -0.15) is 0 Å². The molecule has 1 amide bonds. The van der Waals surface area contributed by atoms with Crippen molar-refractivity contribution in [1.29, 1.82) is 0 Å². The molecule has 1 aliphatic heterocycles. The molecule has 144 valence electrons. The molecule has 1 fully saturated rings. The van der Waals surface area contributed by atoms with E-state index in [0.29, 0.717) is 18.0 Å². The maximum Gasteiger partial charge on any atom is 0.279 e. The number of carbonyl (C=O) groups is 2. The summed E-state index contributed by atoms with van der Waals surface area (Å²) in [5.41, 5.74) is 2.45. The van der Waals surface area contributed by atoms with Gasteiger partial charge in [0, 0.05) is 11.3 Å². The molecule has 0 aliphatic carbocycles. The second kappa shape index (κ2) is 8.20. The number of carbonyl (C=O) groups excluding carboxylic acids is 2. The summed E-state index contributed by atoms with van der Waals surface area (Å²) in [6.45, 7) is 3.94. The maximum absolute atomic E-state index is 12.5. The third kappa shape index (κ3) is 4.29. The van der Waals surface area contributed by atoms with E-state index in [9.17, 15) is 9.59 Å². The number of aromatic nitrogens is 1. The molecule has 2 aromatic carbocycles. The summed E-state index contributed by atoms with van der Waals surface area (Å²) < 4.78 is 1.23. The molecule has 2 heterocycles. The number of benzene rings is 2. The van der Waals surface area contributed by atoms with E-state index < -0.39 is 0 Å². The van der Waals surface area contributed by atoms with Crippen molar-refractivity contribution >= 4 is 38.9 Å². The number of hydrogen-bond donors (Lipinski definition) is 2. The number of piperidine rings is 1. The normalized spacial score (nSPS) is 19.5. The SMILES string of the molecule is CC(=O)c1ccc(NC(=O)C[NH+]2CCC[C@H](c3nc4ccccc4s3)C2)cc1. The topological polar surface area (TPSA) is 63.5 Å². The second-order valence-corrected chi connectivity index (χ2v) is 8.48. The number of hydrogen-bond acceptors (Lipinski definition) is 4. The van der Waals surface area contributed by atoms with Gasteiger partial charge in [0.25, 0.3) is 5.91 Å². The number of amides is 1. The van der Waals surface area contributed by atoms with Crippen molar-refractivity contribution in [2.24, 2.45) is 0 Å². The van der Waals surface area contributed by atoms with Gasteiger partial charge in [-0.15, -0.1) is 11.3 Å². The molecule has 3 aromatic rings. The van der Waals surface area contributed by atoms with Crippen LogP contribution in [-0.2, 0) is 4.79 Å². The first kappa shape index (κ1) is 18.8. The van der Waals surface area contributed by atoms with Crippen LogP contribution in [0.5, 0.6) is 0 Å². The van der Waals surface area contributed by atoms with Gasteiger partial charge in [-0.25, -0.2) is 4.98 Å². The molecule has 1 unspecified atom stereocenters. The first-order valence-corrected chi connectivity index (χ1v) is 10.5. The molecule has 1 aliphatic rings. The fourth-order valence-corrected chi connectivity index (χ4v) is 4.91. The lowest BCUT2D eigenvalue weighted by molar-refractivity contribution is -0.898. The Hall–Kier alpha value is -2.57. The Labute approximate surface area is 168 Å². The number of para-hydroxylation sites is 1. The van der Waals surface area contributed by atoms with Gasteiger partial charge < -0.3 is 10.2 Å². The van der Waals surface area contributed by atoms with Gasteiger partial charge in [-0.3, -0.25) is 9.59 Å². The Morgan fingerprint density at radius 2 is 1.96 bits per heavy atom. The van der Waals surface area contributed by atoms with E-state index in [1.165, 1.54) is 21.5 Å². The van der Waals surface area contributed by atoms with E-state index in [1.54, 1.807) is 35.6 Å². The van der Waals surface area contributed by atoms with Gasteiger partial charge in [-0.1, -0.05) is 12.1 Å². The number of quaternary nitrogens is 1. The predicted octanol–water partition coefficient (Wildman–Crippen LogP) is 2.90. The average molecular weight is 395 g/mol. The maximum atomic E-state index is 12.5. The number of rotatable bonds is 5. The third-order valence-corrected chi connectivity index (χ3v) is 6.46. The zero-order valence-corrected chi connectivity index (χ0v) is 16.7. The summed E-state index contributed by atoms with van der Waals surface area (Å²) in [5, 5.41) is 4.14. The van der Waals surface area contributed by atoms with E-state index in [0.717, 1.165) is 37.1 Å². The molecule has 0 saturated carbocycles. The van der Waals surface area contributed by atoms with Gasteiger partial charge in [0.2, 0.25) is 0 Å². The highest BCUT2D eigenvalue weighted by Gasteiger charge is 2.28. The lowest BCUT2D eigenvalue weighted by Gasteiger charge is -2.28. The van der Waals surface area contributed by atoms with Crippen LogP contribution in [0.2, 0.25) is 0 Å². The minimum absolute atomic E-state index is 0.00975. The molecule has 2 atom stereocenters. The minimum atomic E-state index is 0.00975. The summed E-state index contributed by atoms with van der Waals surface area (Å²) in [7, 11) is 0. The van der Waals surface area contributed by atoms with Gasteiger partial charge in [0.15, 0.2) is 12.3 Å². The standard InChI is InChI=1S/C22H23N3O2S/c1-15(26)16-8-10-18(11-9-16)23-21(27)14-25-12-4-5-17(13-25)22-24-19-6-2-3-7-20(19)28-22/h2-3,6-11,17H,4-5,12-14H2,1H3,(H,23,27)/p+1/t17-/m0/s1. The number of nitrogens with zero attached hydrogens (tertiary/aromatic N) is 1. The Balaban J connectivity index is 1.36. The fraction of sp³-hybridized carbons (Fsp3) is 0.318. The first-order valence-electron chi connectivity index (χ1n) is 9.68. The molecule has 1 saturated heterocycles. The van der Waals surface area contributed by atoms with E-state index in [2.05, 4.69) is 23.5 Å². The average Bonchev–Trinajstić information content (AvgIpc) is 3.13. The van der Waals surface area contributed by atoms with Gasteiger partial charge >= 0.3 is 0 Å². The number of Topliss-reactive ketones (excluding diaryl/α,β-unsaturated/α-hetero) is 1. The second-order valence-electron chi connectivity index (χ2n) is 7.42. The van der Waals surface area contributed by atoms with Crippen molar-refractivity contribution < 1.29 is 14.5 Å². The number of anilines is 1. The molecule has 5 nitrogen and oxygen atoms in total. The Morgan fingerprint density at radius 3 is 2.71 bits per heavy atom. The molecule has 4 rings (SSSR count). The molecular formula is C22H24N3O2S+. The highest BCUT2D eigenvalue weighted by molar-refractivity contribution is 7.18. The molecule has 2 N–H and O–H groups in total. The first-order chi connectivity index (χ1) is 13.6. The number of likely N-dealkylation sites (tertiary alicyclic amines) is 1. The molecule has 0 bridgehead atoms. The van der Waals surface area contributed by atoms with Crippen LogP contribution in [0.25, 0.3) is 10.2 Å². The van der Waals surface area contributed by atoms with Crippen LogP contribution in [0.1, 0.15) is 41.0 Å². The smallest absolute Gasteiger partial charge is 0.279 e. The molecule has 28 heavy (non-hydrogen) atoms. The van der Waals surface area contributed by atoms with Crippen LogP contribution in [0.3, 0.4) is 0 Å². The lowest BCUT2D eigenvalue weighted by Crippen LogP contribution is -3.14. The largest absolute Gasteiger partial charge is 0.327 e. The number of ketones is 1. The van der Waals surface area contributed by atoms with Gasteiger partial charge in [0.05, 0.1) is 29.2 Å². The molecule has 0 spiro atoms. The highest BCUT2D eigenvalue weighted by atomic mass is 32.1. The van der Waals surface area contributed by atoms with E-state index in [-0.39, 0.29) is 11.7 Å². The summed E-state index contributed by atoms with van der Waals surface area (Å²) in [4.78, 5) is 29.9. The number of nitrogens with one attached hydrogen (secondary N) is 2. The lowest BCUT2D eigenvalue weighted by atomic mass is 9.99. The van der Waals surface area contributed by atoms with Gasteiger partial charge in [0.1, 0.15) is 5.01 Å². The number of fused-ring (bicyclic) bond motifs is 1. The van der Waals surface area contributed by atoms with Crippen molar-refractivity contribution in [3.05, 3.63) is 59.1 Å². The zero-order valence-electron chi connectivity index (χ0n) is 15.9. The molecule has 1 aromatic heterocycles. The zero-order chi connectivity index (χ0) is 19.5. The van der Waals surface area contributed by atoms with E-state index >= 15 is 0 Å². The van der Waals surface area contributed by atoms with E-state index in [4.69, 9.17) is 4.98 Å². The highest BCUT2D eigenvalue weighted by Crippen LogP contribution is 2.30. The van der Waals surface area contributed by atoms with E-state index in [1.807, 2.05) is 6.07 Å². The van der Waals surface area contributed by atoms with Crippen LogP contribution >= 0.6 is 11.3 Å². The van der Waals surface area contributed by atoms with Crippen LogP contribution < -0.4 is 10.2 Å². The fourth-order valence-electron chi connectivity index (χ4n) is 3.81. The molecule has 6 heteroatoms. The van der Waals surface area contributed by atoms with Crippen LogP contribution in [0.15, 0.2) is 48.5 Å². The summed E-state index contributed by atoms with van der Waals surface area (Å²) in [5.74, 6) is 0.454. The van der Waals surface area contributed by atoms with Crippen molar-refractivity contribution in [3.63, 3.8) is 0 Å². The number of thiazole rings is 1. The van der Waals surface area contributed by atoms with Crippen molar-refractivity contribution in [1.82, 2.24) is 4.98 Å². The van der Waals surface area contributed by atoms with Gasteiger partial charge in [-0.05, 0) is 56.2 Å². The minimum Gasteiger partial charge on any atom is -0.327 e. The summed E-state index contributed by atoms with van der Waals surface area (Å²) in [6, 6.07) is 15.3. The predicted molar refractivity (Wildman–Crippen MR) is 112 cm³/mol. The Kier molecular flexibility index (Phi) is 5.50. The van der Waals surface area contributed by atoms with Crippen molar-refractivity contribution in [2.75, 3.05) is 25.0 Å². The third-order valence-electron chi connectivity index (χ3n) is 5.26. The molecule has 0 radical (unpaired) electrons. The van der Waals surface area contributed by atoms with Crippen LogP contribution in [0, 0.1) is 0 Å². The molecular weight excluding hydrogens is 370 g/mol. The Bertz CT molecular complexity index is 963. The van der Waals surface area contributed by atoms with Crippen LogP contribution in [0.4, 0.5) is 5.69 Å². The summed E-state index contributed by atoms with van der Waals surface area (Å²) >= 11 is 1.78. The van der Waals surface area contributed by atoms with Crippen LogP contribution in [-0.4, -0.2) is 36.3 Å². The van der Waals surface area contributed by atoms with Crippen molar-refractivity contribution in [2.45, 2.75) is 25.7 Å². The Morgan fingerprint density at radius 1 is 1.18 bits per heavy atom. The van der Waals surface area contributed by atoms with Crippen molar-refractivity contribution in [3.8, 4) is 0 Å². The monoisotopic (exact) mass is 394 g/mol. The quantitative estimate of drug-likeness (QED) is 0.654.